The fraction of sp³-hybridized carbons (Fsp3) is 0.350. The first-order valence-electron chi connectivity index (χ1n) is 9.04. The number of nitrogens with zero attached hydrogens (tertiary/aromatic N) is 4. The first-order valence-corrected chi connectivity index (χ1v) is 9.79. The number of halogens is 2. The second kappa shape index (κ2) is 9.24. The Kier molecular flexibility index (Phi) is 6.74. The number of pyridine rings is 1. The van der Waals surface area contributed by atoms with Crippen molar-refractivity contribution in [1.82, 2.24) is 15.2 Å². The van der Waals surface area contributed by atoms with E-state index in [1.165, 1.54) is 0 Å². The normalized spacial score (nSPS) is 15.7. The summed E-state index contributed by atoms with van der Waals surface area (Å²) < 4.78 is 0. The second-order valence-electron chi connectivity index (χ2n) is 6.73. The lowest BCUT2D eigenvalue weighted by Crippen LogP contribution is -2.50. The van der Waals surface area contributed by atoms with E-state index in [9.17, 15) is 4.79 Å². The summed E-state index contributed by atoms with van der Waals surface area (Å²) >= 11 is 12.1. The summed E-state index contributed by atoms with van der Waals surface area (Å²) in [5.74, 6) is 0.755. The van der Waals surface area contributed by atoms with E-state index in [0.29, 0.717) is 22.2 Å². The molecule has 28 heavy (non-hydrogen) atoms. The number of aromatic nitrogens is 1. The van der Waals surface area contributed by atoms with E-state index in [4.69, 9.17) is 28.5 Å². The van der Waals surface area contributed by atoms with Crippen LogP contribution in [0, 0.1) is 11.3 Å². The Morgan fingerprint density at radius 3 is 2.68 bits per heavy atom. The SMILES string of the molecule is CC(NC(=O)CN1CCN(c2cc(C#N)ccn2)CC1)c1ccc(Cl)cc1Cl. The van der Waals surface area contributed by atoms with E-state index in [1.54, 1.807) is 30.5 Å². The first-order chi connectivity index (χ1) is 13.5. The highest BCUT2D eigenvalue weighted by Crippen LogP contribution is 2.26. The van der Waals surface area contributed by atoms with Crippen LogP contribution in [0.3, 0.4) is 0 Å². The lowest BCUT2D eigenvalue weighted by atomic mass is 10.1. The number of amides is 1. The summed E-state index contributed by atoms with van der Waals surface area (Å²) in [6.45, 7) is 5.25. The van der Waals surface area contributed by atoms with Crippen LogP contribution in [0.2, 0.25) is 10.0 Å². The maximum atomic E-state index is 12.4. The number of rotatable bonds is 5. The van der Waals surface area contributed by atoms with Crippen LogP contribution in [-0.4, -0.2) is 48.5 Å². The molecule has 1 aromatic carbocycles. The monoisotopic (exact) mass is 417 g/mol. The molecule has 0 bridgehead atoms. The van der Waals surface area contributed by atoms with Gasteiger partial charge in [0, 0.05) is 42.4 Å². The molecule has 0 radical (unpaired) electrons. The van der Waals surface area contributed by atoms with Gasteiger partial charge >= 0.3 is 0 Å². The van der Waals surface area contributed by atoms with Gasteiger partial charge in [-0.05, 0) is 36.8 Å². The Labute approximate surface area is 174 Å². The molecule has 1 aliphatic rings. The number of anilines is 1. The lowest BCUT2D eigenvalue weighted by molar-refractivity contribution is -0.123. The van der Waals surface area contributed by atoms with Crippen LogP contribution < -0.4 is 10.2 Å². The molecule has 1 atom stereocenters. The van der Waals surface area contributed by atoms with Crippen molar-refractivity contribution in [1.29, 1.82) is 5.26 Å². The molecule has 2 aromatic rings. The number of benzene rings is 1. The minimum absolute atomic E-state index is 0.0448. The van der Waals surface area contributed by atoms with E-state index >= 15 is 0 Å². The largest absolute Gasteiger partial charge is 0.354 e. The average molecular weight is 418 g/mol. The molecule has 3 rings (SSSR count). The summed E-state index contributed by atoms with van der Waals surface area (Å²) in [4.78, 5) is 21.0. The molecule has 146 valence electrons. The van der Waals surface area contributed by atoms with Crippen LogP contribution in [0.1, 0.15) is 24.1 Å². The Morgan fingerprint density at radius 1 is 1.25 bits per heavy atom. The first kappa shape index (κ1) is 20.4. The molecule has 1 N–H and O–H groups in total. The molecule has 0 spiro atoms. The van der Waals surface area contributed by atoms with Crippen LogP contribution in [0.15, 0.2) is 36.5 Å². The van der Waals surface area contributed by atoms with Gasteiger partial charge in [-0.2, -0.15) is 5.26 Å². The van der Waals surface area contributed by atoms with Crippen molar-refractivity contribution in [2.75, 3.05) is 37.6 Å². The third-order valence-electron chi connectivity index (χ3n) is 4.74. The van der Waals surface area contributed by atoms with Crippen LogP contribution in [0.25, 0.3) is 0 Å². The fourth-order valence-corrected chi connectivity index (χ4v) is 3.79. The van der Waals surface area contributed by atoms with Crippen LogP contribution in [0.4, 0.5) is 5.82 Å². The second-order valence-corrected chi connectivity index (χ2v) is 7.58. The van der Waals surface area contributed by atoms with Crippen LogP contribution >= 0.6 is 23.2 Å². The number of nitriles is 1. The van der Waals surface area contributed by atoms with Gasteiger partial charge in [-0.25, -0.2) is 4.98 Å². The maximum absolute atomic E-state index is 12.4. The third-order valence-corrected chi connectivity index (χ3v) is 5.31. The van der Waals surface area contributed by atoms with Crippen LogP contribution in [-0.2, 0) is 4.79 Å². The zero-order chi connectivity index (χ0) is 20.1. The number of hydrogen-bond donors (Lipinski definition) is 1. The number of carbonyl (C=O) groups is 1. The molecule has 2 heterocycles. The van der Waals surface area contributed by atoms with Crippen molar-refractivity contribution in [3.8, 4) is 6.07 Å². The minimum atomic E-state index is -0.198. The number of nitrogens with one attached hydrogen (secondary N) is 1. The molecule has 1 saturated heterocycles. The van der Waals surface area contributed by atoms with Gasteiger partial charge in [0.1, 0.15) is 5.82 Å². The summed E-state index contributed by atoms with van der Waals surface area (Å²) in [5.41, 5.74) is 1.44. The zero-order valence-corrected chi connectivity index (χ0v) is 17.0. The highest BCUT2D eigenvalue weighted by molar-refractivity contribution is 6.35. The van der Waals surface area contributed by atoms with Crippen molar-refractivity contribution in [2.45, 2.75) is 13.0 Å². The molecule has 1 fully saturated rings. The Morgan fingerprint density at radius 2 is 2.00 bits per heavy atom. The minimum Gasteiger partial charge on any atom is -0.354 e. The molecule has 6 nitrogen and oxygen atoms in total. The predicted molar refractivity (Wildman–Crippen MR) is 111 cm³/mol. The van der Waals surface area contributed by atoms with Crippen molar-refractivity contribution in [2.24, 2.45) is 0 Å². The van der Waals surface area contributed by atoms with Crippen molar-refractivity contribution in [3.63, 3.8) is 0 Å². The molecule has 1 aliphatic heterocycles. The topological polar surface area (TPSA) is 72.3 Å². The van der Waals surface area contributed by atoms with Gasteiger partial charge in [0.25, 0.3) is 0 Å². The predicted octanol–water partition coefficient (Wildman–Crippen LogP) is 3.26. The smallest absolute Gasteiger partial charge is 0.234 e. The van der Waals surface area contributed by atoms with E-state index in [1.807, 2.05) is 13.0 Å². The molecule has 1 unspecified atom stereocenters. The van der Waals surface area contributed by atoms with E-state index in [2.05, 4.69) is 26.2 Å². The van der Waals surface area contributed by atoms with Gasteiger partial charge in [-0.1, -0.05) is 29.3 Å². The Balaban J connectivity index is 1.50. The highest BCUT2D eigenvalue weighted by atomic mass is 35.5. The van der Waals surface area contributed by atoms with Crippen molar-refractivity contribution >= 4 is 34.9 Å². The highest BCUT2D eigenvalue weighted by Gasteiger charge is 2.21. The average Bonchev–Trinajstić information content (AvgIpc) is 2.68. The van der Waals surface area contributed by atoms with Crippen LogP contribution in [0.5, 0.6) is 0 Å². The van der Waals surface area contributed by atoms with Gasteiger partial charge in [-0.3, -0.25) is 9.69 Å². The van der Waals surface area contributed by atoms with E-state index in [-0.39, 0.29) is 11.9 Å². The molecule has 0 aliphatic carbocycles. The number of piperazine rings is 1. The lowest BCUT2D eigenvalue weighted by Gasteiger charge is -2.35. The van der Waals surface area contributed by atoms with E-state index < -0.39 is 0 Å². The number of carbonyl (C=O) groups excluding carboxylic acids is 1. The summed E-state index contributed by atoms with van der Waals surface area (Å²) in [5, 5.41) is 13.1. The maximum Gasteiger partial charge on any atom is 0.234 e. The number of hydrogen-bond acceptors (Lipinski definition) is 5. The Hall–Kier alpha value is -2.33. The summed E-state index contributed by atoms with van der Waals surface area (Å²) in [7, 11) is 0. The fourth-order valence-electron chi connectivity index (χ4n) is 3.22. The molecule has 8 heteroatoms. The third kappa shape index (κ3) is 5.14. The quantitative estimate of drug-likeness (QED) is 0.807. The van der Waals surface area contributed by atoms with E-state index in [0.717, 1.165) is 37.6 Å². The summed E-state index contributed by atoms with van der Waals surface area (Å²) in [6.07, 6.45) is 1.65. The van der Waals surface area contributed by atoms with Gasteiger partial charge in [0.15, 0.2) is 0 Å². The molecule has 1 amide bonds. The zero-order valence-electron chi connectivity index (χ0n) is 15.5. The standard InChI is InChI=1S/C20H21Cl2N5O/c1-14(17-3-2-16(21)11-18(17)22)25-20(28)13-26-6-8-27(9-7-26)19-10-15(12-23)4-5-24-19/h2-5,10-11,14H,6-9,13H2,1H3,(H,25,28). The van der Waals surface area contributed by atoms with Gasteiger partial charge in [-0.15, -0.1) is 0 Å². The molecule has 1 aromatic heterocycles. The van der Waals surface area contributed by atoms with Gasteiger partial charge in [0.2, 0.25) is 5.91 Å². The van der Waals surface area contributed by atoms with Crippen molar-refractivity contribution < 1.29 is 4.79 Å². The van der Waals surface area contributed by atoms with Gasteiger partial charge in [0.05, 0.1) is 24.2 Å². The molecular weight excluding hydrogens is 397 g/mol. The Bertz CT molecular complexity index is 890. The molecular formula is C20H21Cl2N5O. The van der Waals surface area contributed by atoms with Crippen molar-refractivity contribution in [3.05, 3.63) is 57.7 Å². The van der Waals surface area contributed by atoms with Gasteiger partial charge < -0.3 is 10.2 Å². The summed E-state index contributed by atoms with van der Waals surface area (Å²) in [6, 6.07) is 10.7. The molecule has 0 saturated carbocycles.